The van der Waals surface area contributed by atoms with Crippen molar-refractivity contribution in [3.8, 4) is 0 Å². The van der Waals surface area contributed by atoms with Crippen LogP contribution in [0, 0.1) is 46.3 Å². The Morgan fingerprint density at radius 2 is 1.60 bits per heavy atom. The summed E-state index contributed by atoms with van der Waals surface area (Å²) >= 11 is 0. The summed E-state index contributed by atoms with van der Waals surface area (Å²) in [6.45, 7) is 31.0. The molecule has 0 radical (unpaired) electrons. The van der Waals surface area contributed by atoms with Crippen LogP contribution in [-0.4, -0.2) is 44.2 Å². The lowest BCUT2D eigenvalue weighted by Crippen LogP contribution is -2.52. The third-order valence-corrected chi connectivity index (χ3v) is 18.6. The van der Waals surface area contributed by atoms with Crippen LogP contribution in [0.1, 0.15) is 147 Å². The van der Waals surface area contributed by atoms with E-state index < -0.39 is 32.0 Å². The van der Waals surface area contributed by atoms with Crippen LogP contribution in [0.15, 0.2) is 11.6 Å². The monoisotopic (exact) mass is 688 g/mol. The van der Waals surface area contributed by atoms with Gasteiger partial charge in [-0.3, -0.25) is 0 Å². The Kier molecular flexibility index (Phi) is 11.8. The normalized spacial score (nSPS) is 34.2. The number of alkyl carbamates (subject to hydrolysis) is 1. The SMILES string of the molecule is CC(C)[C@H](CC[C@@H](C)[C@H]1CC[C@H]2[C@@H]3CC=C4CC(O[Si](C)(C)C(C)(C)C)CC[C@]4(C)[C@H]3CC[C@]12C)OC(=O)[C@H](C)NC(=O)OC(C)(C)C. The number of hydrogen-bond donors (Lipinski definition) is 1. The van der Waals surface area contributed by atoms with E-state index in [0.717, 1.165) is 37.0 Å². The van der Waals surface area contributed by atoms with Gasteiger partial charge in [0.05, 0.1) is 0 Å². The van der Waals surface area contributed by atoms with Crippen molar-refractivity contribution in [2.75, 3.05) is 0 Å². The second-order valence-electron chi connectivity index (χ2n) is 19.9. The minimum absolute atomic E-state index is 0.166. The van der Waals surface area contributed by atoms with Gasteiger partial charge in [-0.15, -0.1) is 0 Å². The highest BCUT2D eigenvalue weighted by Crippen LogP contribution is 2.67. The molecule has 1 unspecified atom stereocenters. The van der Waals surface area contributed by atoms with Gasteiger partial charge in [-0.05, 0) is 156 Å². The number of rotatable bonds is 10. The zero-order valence-corrected chi connectivity index (χ0v) is 34.4. The first kappa shape index (κ1) is 39.4. The van der Waals surface area contributed by atoms with Crippen LogP contribution < -0.4 is 5.32 Å². The summed E-state index contributed by atoms with van der Waals surface area (Å²) in [5.41, 5.74) is 1.83. The van der Waals surface area contributed by atoms with Gasteiger partial charge in [0.2, 0.25) is 0 Å². The maximum atomic E-state index is 13.0. The molecule has 3 fully saturated rings. The van der Waals surface area contributed by atoms with Gasteiger partial charge in [-0.2, -0.15) is 0 Å². The maximum Gasteiger partial charge on any atom is 0.408 e. The molecule has 4 rings (SSSR count). The summed E-state index contributed by atoms with van der Waals surface area (Å²) in [6.07, 6.45) is 14.5. The minimum atomic E-state index is -1.77. The zero-order chi connectivity index (χ0) is 36.0. The van der Waals surface area contributed by atoms with Crippen LogP contribution in [0.3, 0.4) is 0 Å². The summed E-state index contributed by atoms with van der Waals surface area (Å²) in [6, 6.07) is -0.755. The number of allylic oxidation sites excluding steroid dienone is 1. The molecule has 48 heavy (non-hydrogen) atoms. The highest BCUT2D eigenvalue weighted by atomic mass is 28.4. The molecule has 4 aliphatic rings. The van der Waals surface area contributed by atoms with Gasteiger partial charge in [0.1, 0.15) is 17.7 Å². The lowest BCUT2D eigenvalue weighted by molar-refractivity contribution is -0.154. The van der Waals surface area contributed by atoms with Crippen molar-refractivity contribution in [2.45, 2.75) is 189 Å². The number of hydrogen-bond acceptors (Lipinski definition) is 5. The van der Waals surface area contributed by atoms with Crippen LogP contribution in [-0.2, 0) is 18.7 Å². The van der Waals surface area contributed by atoms with Crippen molar-refractivity contribution in [1.82, 2.24) is 5.32 Å². The first-order chi connectivity index (χ1) is 22.0. The fourth-order valence-corrected chi connectivity index (χ4v) is 11.6. The molecule has 6 nitrogen and oxygen atoms in total. The number of ether oxygens (including phenoxy) is 2. The van der Waals surface area contributed by atoms with Gasteiger partial charge >= 0.3 is 12.1 Å². The third-order valence-electron chi connectivity index (χ3n) is 14.1. The van der Waals surface area contributed by atoms with E-state index in [0.29, 0.717) is 28.8 Å². The lowest BCUT2D eigenvalue weighted by atomic mass is 9.47. The molecule has 1 N–H and O–H groups in total. The van der Waals surface area contributed by atoms with Crippen molar-refractivity contribution in [3.05, 3.63) is 11.6 Å². The van der Waals surface area contributed by atoms with E-state index >= 15 is 0 Å². The van der Waals surface area contributed by atoms with Gasteiger partial charge in [-0.1, -0.05) is 67.0 Å². The Balaban J connectivity index is 1.36. The minimum Gasteiger partial charge on any atom is -0.461 e. The second-order valence-corrected chi connectivity index (χ2v) is 24.6. The average Bonchev–Trinajstić information content (AvgIpc) is 3.30. The highest BCUT2D eigenvalue weighted by molar-refractivity contribution is 6.74. The lowest BCUT2D eigenvalue weighted by Gasteiger charge is -2.59. The van der Waals surface area contributed by atoms with E-state index in [1.54, 1.807) is 12.5 Å². The number of carbonyl (C=O) groups excluding carboxylic acids is 2. The van der Waals surface area contributed by atoms with Crippen LogP contribution in [0.2, 0.25) is 18.1 Å². The van der Waals surface area contributed by atoms with Gasteiger partial charge < -0.3 is 19.2 Å². The van der Waals surface area contributed by atoms with E-state index in [1.807, 2.05) is 20.8 Å². The molecule has 0 saturated heterocycles. The van der Waals surface area contributed by atoms with E-state index in [1.165, 1.54) is 44.9 Å². The standard InChI is InChI=1S/C41H73NO5Si/c1-26(2)35(45-36(43)28(4)42-37(44)46-38(5,6)7)20-15-27(3)32-18-19-33-31-17-16-29-25-30(47-48(13,14)39(8,9)10)21-23-40(29,11)34(31)22-24-41(32,33)12/h16,26-28,30-35H,15,17-25H2,1-14H3,(H,42,44)/t27-,28+,30?,31+,32-,33+,34+,35+,40+,41-/m1/s1. The molecule has 0 aromatic carbocycles. The van der Waals surface area contributed by atoms with E-state index in [2.05, 4.69) is 79.9 Å². The Hall–Kier alpha value is -1.34. The molecule has 3 saturated carbocycles. The third kappa shape index (κ3) is 8.40. The molecule has 0 spiro atoms. The maximum absolute atomic E-state index is 13.0. The van der Waals surface area contributed by atoms with Crippen molar-refractivity contribution < 1.29 is 23.5 Å². The molecule has 0 aliphatic heterocycles. The molecular formula is C41H73NO5Si. The Morgan fingerprint density at radius 3 is 2.21 bits per heavy atom. The van der Waals surface area contributed by atoms with Crippen LogP contribution in [0.5, 0.6) is 0 Å². The number of nitrogens with one attached hydrogen (secondary N) is 1. The molecule has 4 aliphatic carbocycles. The van der Waals surface area contributed by atoms with Crippen LogP contribution in [0.4, 0.5) is 4.79 Å². The van der Waals surface area contributed by atoms with Crippen molar-refractivity contribution in [3.63, 3.8) is 0 Å². The highest BCUT2D eigenvalue weighted by Gasteiger charge is 2.59. The van der Waals surface area contributed by atoms with E-state index in [9.17, 15) is 9.59 Å². The Labute approximate surface area is 295 Å². The van der Waals surface area contributed by atoms with Gasteiger partial charge in [0.25, 0.3) is 0 Å². The Morgan fingerprint density at radius 1 is 0.938 bits per heavy atom. The molecule has 7 heteroatoms. The van der Waals surface area contributed by atoms with Gasteiger partial charge in [-0.25, -0.2) is 9.59 Å². The van der Waals surface area contributed by atoms with E-state index in [-0.39, 0.29) is 17.1 Å². The van der Waals surface area contributed by atoms with Gasteiger partial charge in [0, 0.05) is 6.10 Å². The largest absolute Gasteiger partial charge is 0.461 e. The van der Waals surface area contributed by atoms with Crippen molar-refractivity contribution in [1.29, 1.82) is 0 Å². The summed E-state index contributed by atoms with van der Waals surface area (Å²) in [7, 11) is -1.77. The van der Waals surface area contributed by atoms with E-state index in [4.69, 9.17) is 13.9 Å². The van der Waals surface area contributed by atoms with Crippen LogP contribution >= 0.6 is 0 Å². The predicted octanol–water partition coefficient (Wildman–Crippen LogP) is 10.9. The summed E-state index contributed by atoms with van der Waals surface area (Å²) in [5.74, 6) is 3.53. The average molecular weight is 688 g/mol. The molecule has 0 aromatic heterocycles. The first-order valence-electron chi connectivity index (χ1n) is 19.6. The Bertz CT molecular complexity index is 1180. The fraction of sp³-hybridized carbons (Fsp3) is 0.902. The quantitative estimate of drug-likeness (QED) is 0.141. The van der Waals surface area contributed by atoms with Crippen molar-refractivity contribution >= 4 is 20.4 Å². The second kappa shape index (κ2) is 14.3. The molecule has 0 bridgehead atoms. The summed E-state index contributed by atoms with van der Waals surface area (Å²) in [5, 5.41) is 2.89. The number of carbonyl (C=O) groups is 2. The number of amides is 1. The number of fused-ring (bicyclic) bond motifs is 5. The topological polar surface area (TPSA) is 73.9 Å². The predicted molar refractivity (Wildman–Crippen MR) is 199 cm³/mol. The molecule has 0 aromatic rings. The molecule has 276 valence electrons. The van der Waals surface area contributed by atoms with Gasteiger partial charge in [0.15, 0.2) is 8.32 Å². The fourth-order valence-electron chi connectivity index (χ4n) is 10.2. The molecular weight excluding hydrogens is 615 g/mol. The summed E-state index contributed by atoms with van der Waals surface area (Å²) < 4.78 is 18.3. The molecule has 10 atom stereocenters. The summed E-state index contributed by atoms with van der Waals surface area (Å²) in [4.78, 5) is 25.2. The zero-order valence-electron chi connectivity index (χ0n) is 33.4. The smallest absolute Gasteiger partial charge is 0.408 e. The molecule has 1 amide bonds. The first-order valence-corrected chi connectivity index (χ1v) is 22.5. The van der Waals surface area contributed by atoms with Crippen molar-refractivity contribution in [2.24, 2.45) is 46.3 Å². The molecule has 0 heterocycles. The van der Waals surface area contributed by atoms with Crippen LogP contribution in [0.25, 0.3) is 0 Å². The number of esters is 1.